The van der Waals surface area contributed by atoms with Crippen molar-refractivity contribution in [3.63, 3.8) is 0 Å². The van der Waals surface area contributed by atoms with Crippen molar-refractivity contribution in [1.82, 2.24) is 9.62 Å². The Labute approximate surface area is 172 Å². The Bertz CT molecular complexity index is 934. The summed E-state index contributed by atoms with van der Waals surface area (Å²) in [6.07, 6.45) is 1.16. The van der Waals surface area contributed by atoms with Crippen LogP contribution in [0.25, 0.3) is 0 Å². The molecule has 1 heterocycles. The molecule has 5 nitrogen and oxygen atoms in total. The van der Waals surface area contributed by atoms with Crippen LogP contribution in [0.1, 0.15) is 31.4 Å². The highest BCUT2D eigenvalue weighted by Gasteiger charge is 2.39. The highest BCUT2D eigenvalue weighted by molar-refractivity contribution is 9.10. The molecule has 1 fully saturated rings. The summed E-state index contributed by atoms with van der Waals surface area (Å²) in [7, 11) is -3.73. The molecule has 2 aromatic rings. The lowest BCUT2D eigenvalue weighted by molar-refractivity contribution is -0.124. The van der Waals surface area contributed by atoms with Crippen LogP contribution in [0.5, 0.6) is 0 Å². The van der Waals surface area contributed by atoms with E-state index in [1.165, 1.54) is 4.31 Å². The molecule has 0 spiro atoms. The predicted octanol–water partition coefficient (Wildman–Crippen LogP) is 4.13. The van der Waals surface area contributed by atoms with E-state index in [-0.39, 0.29) is 16.8 Å². The number of hydrogen-bond donors (Lipinski definition) is 1. The molecule has 0 unspecified atom stereocenters. The molecule has 1 amide bonds. The zero-order valence-corrected chi connectivity index (χ0v) is 17.9. The summed E-state index contributed by atoms with van der Waals surface area (Å²) in [4.78, 5) is 13.0. The van der Waals surface area contributed by atoms with Crippen molar-refractivity contribution >= 4 is 43.5 Å². The number of benzene rings is 2. The van der Waals surface area contributed by atoms with Crippen LogP contribution < -0.4 is 5.32 Å². The molecule has 1 N–H and O–H groups in total. The molecule has 8 heteroatoms. The van der Waals surface area contributed by atoms with Gasteiger partial charge in [0.15, 0.2) is 0 Å². The van der Waals surface area contributed by atoms with Crippen molar-refractivity contribution in [2.75, 3.05) is 6.54 Å². The first kappa shape index (κ1) is 20.3. The summed E-state index contributed by atoms with van der Waals surface area (Å²) >= 11 is 9.31. The molecule has 2 atom stereocenters. The van der Waals surface area contributed by atoms with Gasteiger partial charge in [0, 0.05) is 16.0 Å². The van der Waals surface area contributed by atoms with Gasteiger partial charge >= 0.3 is 0 Å². The van der Waals surface area contributed by atoms with Gasteiger partial charge in [-0.05, 0) is 61.7 Å². The summed E-state index contributed by atoms with van der Waals surface area (Å²) in [6.45, 7) is 2.19. The summed E-state index contributed by atoms with van der Waals surface area (Å²) < 4.78 is 28.0. The third-order valence-corrected chi connectivity index (χ3v) is 7.32. The zero-order valence-electron chi connectivity index (χ0n) is 14.7. The van der Waals surface area contributed by atoms with Crippen LogP contribution in [0.4, 0.5) is 0 Å². The van der Waals surface area contributed by atoms with Crippen LogP contribution in [0.3, 0.4) is 0 Å². The number of amides is 1. The van der Waals surface area contributed by atoms with E-state index in [4.69, 9.17) is 11.6 Å². The van der Waals surface area contributed by atoms with Gasteiger partial charge in [-0.3, -0.25) is 4.79 Å². The molecule has 0 aliphatic carbocycles. The van der Waals surface area contributed by atoms with Gasteiger partial charge in [0.05, 0.1) is 10.9 Å². The van der Waals surface area contributed by atoms with Gasteiger partial charge in [-0.25, -0.2) is 8.42 Å². The fourth-order valence-electron chi connectivity index (χ4n) is 3.20. The quantitative estimate of drug-likeness (QED) is 0.713. The number of halogens is 2. The Balaban J connectivity index is 1.77. The van der Waals surface area contributed by atoms with E-state index in [1.54, 1.807) is 36.4 Å². The van der Waals surface area contributed by atoms with Crippen molar-refractivity contribution in [1.29, 1.82) is 0 Å². The van der Waals surface area contributed by atoms with E-state index in [9.17, 15) is 13.2 Å². The third-order valence-electron chi connectivity index (χ3n) is 4.63. The van der Waals surface area contributed by atoms with Crippen LogP contribution in [0, 0.1) is 0 Å². The minimum absolute atomic E-state index is 0.188. The zero-order chi connectivity index (χ0) is 19.6. The van der Waals surface area contributed by atoms with Crippen LogP contribution in [-0.2, 0) is 14.8 Å². The molecule has 3 rings (SSSR count). The van der Waals surface area contributed by atoms with Crippen molar-refractivity contribution in [2.24, 2.45) is 0 Å². The van der Waals surface area contributed by atoms with Gasteiger partial charge < -0.3 is 5.32 Å². The topological polar surface area (TPSA) is 66.5 Å². The lowest BCUT2D eigenvalue weighted by atomic mass is 10.1. The minimum Gasteiger partial charge on any atom is -0.348 e. The Kier molecular flexibility index (Phi) is 6.25. The second-order valence-electron chi connectivity index (χ2n) is 6.51. The number of nitrogens with zero attached hydrogens (tertiary/aromatic N) is 1. The van der Waals surface area contributed by atoms with Crippen molar-refractivity contribution in [3.05, 3.63) is 63.6 Å². The molecule has 0 saturated carbocycles. The van der Waals surface area contributed by atoms with Gasteiger partial charge in [-0.15, -0.1) is 0 Å². The van der Waals surface area contributed by atoms with Crippen LogP contribution in [0.15, 0.2) is 57.9 Å². The summed E-state index contributed by atoms with van der Waals surface area (Å²) in [6, 6.07) is 12.7. The third kappa shape index (κ3) is 4.54. The molecule has 1 aliphatic heterocycles. The van der Waals surface area contributed by atoms with Gasteiger partial charge in [-0.2, -0.15) is 4.31 Å². The monoisotopic (exact) mass is 470 g/mol. The maximum Gasteiger partial charge on any atom is 0.243 e. The highest BCUT2D eigenvalue weighted by Crippen LogP contribution is 2.28. The number of carbonyl (C=O) groups excluding carboxylic acids is 1. The average molecular weight is 472 g/mol. The molecule has 0 radical (unpaired) electrons. The molecule has 0 bridgehead atoms. The Morgan fingerprint density at radius 2 is 1.96 bits per heavy atom. The molecular weight excluding hydrogens is 452 g/mol. The van der Waals surface area contributed by atoms with E-state index in [0.717, 1.165) is 10.0 Å². The highest BCUT2D eigenvalue weighted by atomic mass is 79.9. The van der Waals surface area contributed by atoms with Gasteiger partial charge in [-0.1, -0.05) is 39.7 Å². The van der Waals surface area contributed by atoms with E-state index < -0.39 is 16.1 Å². The Morgan fingerprint density at radius 1 is 1.26 bits per heavy atom. The molecule has 0 aromatic heterocycles. The predicted molar refractivity (Wildman–Crippen MR) is 109 cm³/mol. The van der Waals surface area contributed by atoms with Crippen LogP contribution >= 0.6 is 27.5 Å². The minimum atomic E-state index is -3.73. The summed E-state index contributed by atoms with van der Waals surface area (Å²) in [5.41, 5.74) is 0.871. The molecule has 1 saturated heterocycles. The van der Waals surface area contributed by atoms with E-state index in [1.807, 2.05) is 19.1 Å². The molecule has 27 heavy (non-hydrogen) atoms. The molecular formula is C19H20BrClN2O3S. The number of sulfonamides is 1. The second kappa shape index (κ2) is 8.31. The van der Waals surface area contributed by atoms with E-state index >= 15 is 0 Å². The Hall–Kier alpha value is -1.41. The standard InChI is InChI=1S/C19H20BrClN2O3S/c1-13(14-4-2-5-16(21)12-14)22-19(24)18-6-3-11-23(18)27(25,26)17-9-7-15(20)8-10-17/h2,4-5,7-10,12-13,18H,3,6,11H2,1H3,(H,22,24)/t13-,18-/m0/s1. The number of nitrogens with one attached hydrogen (secondary N) is 1. The fraction of sp³-hybridized carbons (Fsp3) is 0.316. The van der Waals surface area contributed by atoms with Gasteiger partial charge in [0.1, 0.15) is 6.04 Å². The number of hydrogen-bond acceptors (Lipinski definition) is 3. The maximum atomic E-state index is 13.0. The average Bonchev–Trinajstić information content (AvgIpc) is 3.13. The smallest absolute Gasteiger partial charge is 0.243 e. The second-order valence-corrected chi connectivity index (χ2v) is 9.76. The number of rotatable bonds is 5. The number of carbonyl (C=O) groups is 1. The van der Waals surface area contributed by atoms with Crippen molar-refractivity contribution in [3.8, 4) is 0 Å². The van der Waals surface area contributed by atoms with Crippen LogP contribution in [-0.4, -0.2) is 31.2 Å². The Morgan fingerprint density at radius 3 is 2.63 bits per heavy atom. The van der Waals surface area contributed by atoms with Gasteiger partial charge in [0.2, 0.25) is 15.9 Å². The fourth-order valence-corrected chi connectivity index (χ4v) is 5.32. The SMILES string of the molecule is C[C@H](NC(=O)[C@@H]1CCCN1S(=O)(=O)c1ccc(Br)cc1)c1cccc(Cl)c1. The van der Waals surface area contributed by atoms with Crippen molar-refractivity contribution in [2.45, 2.75) is 36.7 Å². The molecule has 144 valence electrons. The first-order chi connectivity index (χ1) is 12.8. The lowest BCUT2D eigenvalue weighted by Gasteiger charge is -2.25. The summed E-state index contributed by atoms with van der Waals surface area (Å²) in [5.74, 6) is -0.291. The summed E-state index contributed by atoms with van der Waals surface area (Å²) in [5, 5.41) is 3.51. The van der Waals surface area contributed by atoms with Gasteiger partial charge in [0.25, 0.3) is 0 Å². The lowest BCUT2D eigenvalue weighted by Crippen LogP contribution is -2.46. The molecule has 2 aromatic carbocycles. The largest absolute Gasteiger partial charge is 0.348 e. The van der Waals surface area contributed by atoms with E-state index in [0.29, 0.717) is 24.4 Å². The van der Waals surface area contributed by atoms with E-state index in [2.05, 4.69) is 21.2 Å². The first-order valence-corrected chi connectivity index (χ1v) is 11.2. The first-order valence-electron chi connectivity index (χ1n) is 8.62. The van der Waals surface area contributed by atoms with Crippen LogP contribution in [0.2, 0.25) is 5.02 Å². The van der Waals surface area contributed by atoms with Crippen molar-refractivity contribution < 1.29 is 13.2 Å². The normalized spacial score (nSPS) is 19.0. The molecule has 1 aliphatic rings. The maximum absolute atomic E-state index is 13.0.